The van der Waals surface area contributed by atoms with Crippen molar-refractivity contribution in [3.8, 4) is 0 Å². The SMILES string of the molecule is O=S(=O)(c1ccc(F)cc1)C(F)C(F)(F)C(F)(F)C(F)(F)S(=O)(=O)c1ccc(F)cc1. The molecule has 0 aliphatic carbocycles. The number of hydrogen-bond donors (Lipinski definition) is 0. The quantitative estimate of drug-likeness (QED) is 0.418. The molecule has 0 bridgehead atoms. The molecule has 4 nitrogen and oxygen atoms in total. The molecule has 0 spiro atoms. The Kier molecular flexibility index (Phi) is 6.19. The van der Waals surface area contributed by atoms with Crippen LogP contribution in [0.25, 0.3) is 0 Å². The summed E-state index contributed by atoms with van der Waals surface area (Å²) in [6, 6.07) is 1.71. The summed E-state index contributed by atoms with van der Waals surface area (Å²) in [6.45, 7) is 0. The summed E-state index contributed by atoms with van der Waals surface area (Å²) < 4.78 is 172. The van der Waals surface area contributed by atoms with Crippen LogP contribution >= 0.6 is 0 Å². The van der Waals surface area contributed by atoms with Crippen molar-refractivity contribution in [1.82, 2.24) is 0 Å². The van der Waals surface area contributed by atoms with E-state index < -0.39 is 63.7 Å². The molecule has 172 valence electrons. The normalized spacial score (nSPS) is 15.0. The van der Waals surface area contributed by atoms with Crippen LogP contribution in [0.2, 0.25) is 0 Å². The second-order valence-corrected chi connectivity index (χ2v) is 9.95. The number of rotatable bonds is 7. The molecule has 0 saturated carbocycles. The van der Waals surface area contributed by atoms with Gasteiger partial charge in [0.1, 0.15) is 11.6 Å². The zero-order valence-corrected chi connectivity index (χ0v) is 16.2. The van der Waals surface area contributed by atoms with E-state index in [2.05, 4.69) is 0 Å². The van der Waals surface area contributed by atoms with Gasteiger partial charge in [-0.1, -0.05) is 0 Å². The third kappa shape index (κ3) is 3.88. The minimum atomic E-state index is -7.10. The molecule has 0 amide bonds. The summed E-state index contributed by atoms with van der Waals surface area (Å²) in [6.07, 6.45) is 0. The molecule has 1 unspecified atom stereocenters. The summed E-state index contributed by atoms with van der Waals surface area (Å²) in [7, 11) is -12.8. The van der Waals surface area contributed by atoms with Crippen molar-refractivity contribution >= 4 is 19.7 Å². The summed E-state index contributed by atoms with van der Waals surface area (Å²) in [5, 5.41) is -6.73. The first-order valence-electron chi connectivity index (χ1n) is 7.68. The van der Waals surface area contributed by atoms with Crippen molar-refractivity contribution in [2.75, 3.05) is 0 Å². The zero-order chi connectivity index (χ0) is 24.0. The monoisotopic (exact) mass is 500 g/mol. The van der Waals surface area contributed by atoms with Crippen molar-refractivity contribution in [3.05, 3.63) is 60.2 Å². The Balaban J connectivity index is 2.57. The van der Waals surface area contributed by atoms with Crippen molar-refractivity contribution in [2.24, 2.45) is 0 Å². The first-order chi connectivity index (χ1) is 13.9. The third-order valence-corrected chi connectivity index (χ3v) is 7.54. The van der Waals surface area contributed by atoms with Gasteiger partial charge in [-0.2, -0.15) is 26.3 Å². The predicted octanol–water partition coefficient (Wildman–Crippen LogP) is 4.37. The molecule has 1 atom stereocenters. The van der Waals surface area contributed by atoms with Crippen LogP contribution in [0.5, 0.6) is 0 Å². The molecule has 0 heterocycles. The van der Waals surface area contributed by atoms with E-state index in [1.165, 1.54) is 0 Å². The maximum absolute atomic E-state index is 14.1. The lowest BCUT2D eigenvalue weighted by atomic mass is 10.2. The highest BCUT2D eigenvalue weighted by atomic mass is 32.2. The molecule has 0 radical (unpaired) electrons. The van der Waals surface area contributed by atoms with Crippen LogP contribution in [0.3, 0.4) is 0 Å². The Morgan fingerprint density at radius 1 is 0.645 bits per heavy atom. The number of sulfone groups is 2. The van der Waals surface area contributed by atoms with Gasteiger partial charge >= 0.3 is 17.1 Å². The molecular weight excluding hydrogens is 491 g/mol. The summed E-state index contributed by atoms with van der Waals surface area (Å²) >= 11 is 0. The van der Waals surface area contributed by atoms with Gasteiger partial charge in [0.25, 0.3) is 5.50 Å². The maximum atomic E-state index is 14.1. The molecular formula is C16H9F9O4S2. The van der Waals surface area contributed by atoms with E-state index >= 15 is 0 Å². The Morgan fingerprint density at radius 2 is 1.00 bits per heavy atom. The van der Waals surface area contributed by atoms with Crippen molar-refractivity contribution in [3.63, 3.8) is 0 Å². The fraction of sp³-hybridized carbons (Fsp3) is 0.250. The molecule has 0 saturated heterocycles. The topological polar surface area (TPSA) is 68.3 Å². The fourth-order valence-corrected chi connectivity index (χ4v) is 4.76. The van der Waals surface area contributed by atoms with Crippen LogP contribution in [-0.2, 0) is 19.7 Å². The highest BCUT2D eigenvalue weighted by Crippen LogP contribution is 2.53. The minimum Gasteiger partial charge on any atom is -0.222 e. The standard InChI is InChI=1S/C16H9F9O4S2/c17-9-1-5-11(6-2-9)30(26,27)13(19)14(20,21)15(22,23)16(24,25)31(28,29)12-7-3-10(18)4-8-12/h1-8,13H. The zero-order valence-electron chi connectivity index (χ0n) is 14.5. The Labute approximate surface area is 169 Å². The van der Waals surface area contributed by atoms with E-state index in [-0.39, 0.29) is 36.4 Å². The second-order valence-electron chi connectivity index (χ2n) is 5.99. The molecule has 2 aromatic rings. The lowest BCUT2D eigenvalue weighted by Gasteiger charge is -2.33. The Morgan fingerprint density at radius 3 is 1.39 bits per heavy atom. The van der Waals surface area contributed by atoms with E-state index in [4.69, 9.17) is 0 Å². The van der Waals surface area contributed by atoms with Gasteiger partial charge in [0.15, 0.2) is 0 Å². The van der Waals surface area contributed by atoms with Gasteiger partial charge in [-0.3, -0.25) is 0 Å². The lowest BCUT2D eigenvalue weighted by Crippen LogP contribution is -2.62. The predicted molar refractivity (Wildman–Crippen MR) is 86.9 cm³/mol. The van der Waals surface area contributed by atoms with E-state index in [1.54, 1.807) is 0 Å². The van der Waals surface area contributed by atoms with Gasteiger partial charge in [0.05, 0.1) is 9.79 Å². The molecule has 0 aromatic heterocycles. The third-order valence-electron chi connectivity index (χ3n) is 3.95. The molecule has 0 fully saturated rings. The largest absolute Gasteiger partial charge is 0.417 e. The van der Waals surface area contributed by atoms with Crippen LogP contribution in [0.1, 0.15) is 0 Å². The number of benzene rings is 2. The molecule has 0 N–H and O–H groups in total. The van der Waals surface area contributed by atoms with Crippen LogP contribution in [0.15, 0.2) is 58.3 Å². The van der Waals surface area contributed by atoms with Crippen molar-refractivity contribution in [2.45, 2.75) is 32.4 Å². The number of hydrogen-bond acceptors (Lipinski definition) is 4. The van der Waals surface area contributed by atoms with Gasteiger partial charge < -0.3 is 0 Å². The molecule has 2 rings (SSSR count). The van der Waals surface area contributed by atoms with Gasteiger partial charge in [-0.05, 0) is 48.5 Å². The lowest BCUT2D eigenvalue weighted by molar-refractivity contribution is -0.288. The van der Waals surface area contributed by atoms with Gasteiger partial charge in [-0.25, -0.2) is 30.0 Å². The smallest absolute Gasteiger partial charge is 0.222 e. The molecule has 15 heteroatoms. The minimum absolute atomic E-state index is 0.0645. The van der Waals surface area contributed by atoms with Crippen molar-refractivity contribution in [1.29, 1.82) is 0 Å². The Bertz CT molecular complexity index is 1160. The average Bonchev–Trinajstić information content (AvgIpc) is 2.67. The van der Waals surface area contributed by atoms with E-state index in [0.717, 1.165) is 0 Å². The first-order valence-corrected chi connectivity index (χ1v) is 10.7. The van der Waals surface area contributed by atoms with Crippen molar-refractivity contribution < 1.29 is 56.3 Å². The summed E-state index contributed by atoms with van der Waals surface area (Å²) in [4.78, 5) is -3.17. The van der Waals surface area contributed by atoms with Crippen LogP contribution in [0.4, 0.5) is 39.5 Å². The van der Waals surface area contributed by atoms with Crippen LogP contribution in [-0.4, -0.2) is 39.4 Å². The van der Waals surface area contributed by atoms with E-state index in [1.807, 2.05) is 0 Å². The fourth-order valence-electron chi connectivity index (χ4n) is 2.21. The van der Waals surface area contributed by atoms with Crippen LogP contribution in [0, 0.1) is 11.6 Å². The van der Waals surface area contributed by atoms with Crippen LogP contribution < -0.4 is 0 Å². The highest BCUT2D eigenvalue weighted by Gasteiger charge is 2.81. The highest BCUT2D eigenvalue weighted by molar-refractivity contribution is 7.92. The Hall–Kier alpha value is -2.29. The second kappa shape index (κ2) is 7.69. The molecule has 31 heavy (non-hydrogen) atoms. The molecule has 2 aromatic carbocycles. The first kappa shape index (κ1) is 25.0. The number of halogens is 9. The maximum Gasteiger partial charge on any atom is 0.417 e. The average molecular weight is 500 g/mol. The summed E-state index contributed by atoms with van der Waals surface area (Å²) in [5.41, 5.74) is -5.05. The molecule has 0 aliphatic rings. The van der Waals surface area contributed by atoms with E-state index in [9.17, 15) is 56.3 Å². The van der Waals surface area contributed by atoms with E-state index in [0.29, 0.717) is 12.1 Å². The number of alkyl halides is 7. The van der Waals surface area contributed by atoms with Gasteiger partial charge in [0.2, 0.25) is 19.7 Å². The van der Waals surface area contributed by atoms with Gasteiger partial charge in [0, 0.05) is 0 Å². The molecule has 0 aliphatic heterocycles. The summed E-state index contributed by atoms with van der Waals surface area (Å²) in [5.74, 6) is -16.2. The van der Waals surface area contributed by atoms with Gasteiger partial charge in [-0.15, -0.1) is 0 Å².